The van der Waals surface area contributed by atoms with E-state index in [2.05, 4.69) is 6.07 Å². The zero-order valence-electron chi connectivity index (χ0n) is 18.1. The molecule has 0 unspecified atom stereocenters. The van der Waals surface area contributed by atoms with E-state index < -0.39 is 0 Å². The first-order chi connectivity index (χ1) is 15.5. The number of nitrogens with two attached hydrogens (primary N) is 1. The highest BCUT2D eigenvalue weighted by Gasteiger charge is 2.28. The maximum absolute atomic E-state index is 13.4. The highest BCUT2D eigenvalue weighted by molar-refractivity contribution is 7.99. The van der Waals surface area contributed by atoms with E-state index in [0.29, 0.717) is 16.5 Å². The molecule has 0 atom stereocenters. The molecule has 1 fully saturated rings. The van der Waals surface area contributed by atoms with Gasteiger partial charge in [0.15, 0.2) is 5.16 Å². The van der Waals surface area contributed by atoms with Gasteiger partial charge in [-0.3, -0.25) is 14.2 Å². The molecule has 2 aromatic rings. The zero-order chi connectivity index (χ0) is 22.5. The summed E-state index contributed by atoms with van der Waals surface area (Å²) < 4.78 is 7.99. The molecule has 2 aliphatic carbocycles. The smallest absolute Gasteiger partial charge is 0.257 e. The maximum atomic E-state index is 13.4. The van der Waals surface area contributed by atoms with E-state index in [4.69, 9.17) is 20.7 Å². The third kappa shape index (κ3) is 5.16. The van der Waals surface area contributed by atoms with Crippen molar-refractivity contribution in [3.8, 4) is 11.8 Å². The molecule has 1 heterocycles. The topological polar surface area (TPSA) is 111 Å². The molecule has 2 N–H and O–H groups in total. The van der Waals surface area contributed by atoms with Crippen LogP contribution in [0.3, 0.4) is 0 Å². The highest BCUT2D eigenvalue weighted by atomic mass is 32.2. The van der Waals surface area contributed by atoms with Gasteiger partial charge < -0.3 is 10.5 Å². The maximum Gasteiger partial charge on any atom is 0.257 e. The molecule has 4 rings (SSSR count). The van der Waals surface area contributed by atoms with Gasteiger partial charge in [0.25, 0.3) is 5.56 Å². The van der Waals surface area contributed by atoms with E-state index in [-0.39, 0.29) is 30.0 Å². The van der Waals surface area contributed by atoms with Gasteiger partial charge in [-0.05, 0) is 75.6 Å². The molecular weight excluding hydrogens is 424 g/mol. The van der Waals surface area contributed by atoms with E-state index in [1.165, 1.54) is 11.8 Å². The van der Waals surface area contributed by atoms with Gasteiger partial charge in [-0.25, -0.2) is 4.98 Å². The van der Waals surface area contributed by atoms with Gasteiger partial charge in [0.2, 0.25) is 5.91 Å². The normalized spacial score (nSPS) is 20.2. The third-order valence-corrected chi connectivity index (χ3v) is 7.18. The lowest BCUT2D eigenvalue weighted by molar-refractivity contribution is -0.117. The predicted molar refractivity (Wildman–Crippen MR) is 123 cm³/mol. The molecule has 7 nitrogen and oxygen atoms in total. The first kappa shape index (κ1) is 22.4. The Bertz CT molecular complexity index is 1070. The van der Waals surface area contributed by atoms with E-state index in [9.17, 15) is 9.59 Å². The summed E-state index contributed by atoms with van der Waals surface area (Å²) in [7, 11) is 0. The SMILES string of the molecule is N#Cc1ccc(OC2CCC(n3c(SCCC(N)=O)nc4c(c3=O)CCCC4)CC2)cc1. The molecule has 32 heavy (non-hydrogen) atoms. The average Bonchev–Trinajstić information content (AvgIpc) is 2.80. The Morgan fingerprint density at radius 3 is 2.59 bits per heavy atom. The number of aromatic nitrogens is 2. The second-order valence-electron chi connectivity index (χ2n) is 8.45. The molecule has 0 aliphatic heterocycles. The molecule has 0 radical (unpaired) electrons. The van der Waals surface area contributed by atoms with Gasteiger partial charge in [-0.15, -0.1) is 0 Å². The van der Waals surface area contributed by atoms with Crippen molar-refractivity contribution in [1.29, 1.82) is 5.26 Å². The number of hydrogen-bond acceptors (Lipinski definition) is 6. The summed E-state index contributed by atoms with van der Waals surface area (Å²) in [5, 5.41) is 9.65. The summed E-state index contributed by atoms with van der Waals surface area (Å²) in [6.07, 6.45) is 7.46. The first-order valence-corrected chi connectivity index (χ1v) is 12.3. The lowest BCUT2D eigenvalue weighted by Gasteiger charge is -2.32. The van der Waals surface area contributed by atoms with Gasteiger partial charge in [0.1, 0.15) is 5.75 Å². The van der Waals surface area contributed by atoms with Crippen molar-refractivity contribution >= 4 is 17.7 Å². The summed E-state index contributed by atoms with van der Waals surface area (Å²) in [5.41, 5.74) is 7.80. The number of ether oxygens (including phenoxy) is 1. The number of carbonyl (C=O) groups is 1. The van der Waals surface area contributed by atoms with Crippen molar-refractivity contribution in [2.24, 2.45) is 5.73 Å². The lowest BCUT2D eigenvalue weighted by atomic mass is 9.92. The molecule has 1 amide bonds. The molecule has 168 valence electrons. The minimum Gasteiger partial charge on any atom is -0.490 e. The standard InChI is InChI=1S/C24H28N4O3S/c25-15-16-5-9-18(10-6-16)31-19-11-7-17(8-12-19)28-23(30)20-3-1-2-4-21(20)27-24(28)32-14-13-22(26)29/h5-6,9-10,17,19H,1-4,7-8,11-14H2,(H2,26,29). The van der Waals surface area contributed by atoms with Crippen LogP contribution in [0, 0.1) is 11.3 Å². The number of hydrogen-bond donors (Lipinski definition) is 1. The van der Waals surface area contributed by atoms with Crippen LogP contribution in [-0.2, 0) is 17.6 Å². The minimum absolute atomic E-state index is 0.0825. The van der Waals surface area contributed by atoms with Crippen LogP contribution >= 0.6 is 11.8 Å². The number of fused-ring (bicyclic) bond motifs is 1. The van der Waals surface area contributed by atoms with Crippen molar-refractivity contribution in [3.05, 3.63) is 51.4 Å². The summed E-state index contributed by atoms with van der Waals surface area (Å²) in [6.45, 7) is 0. The molecule has 1 saturated carbocycles. The van der Waals surface area contributed by atoms with Crippen LogP contribution in [0.25, 0.3) is 0 Å². The molecule has 0 spiro atoms. The summed E-state index contributed by atoms with van der Waals surface area (Å²) >= 11 is 1.46. The van der Waals surface area contributed by atoms with Crippen LogP contribution in [-0.4, -0.2) is 27.3 Å². The van der Waals surface area contributed by atoms with Crippen molar-refractivity contribution in [1.82, 2.24) is 9.55 Å². The molecule has 2 aliphatic rings. The molecule has 1 aromatic carbocycles. The second kappa shape index (κ2) is 10.2. The van der Waals surface area contributed by atoms with Gasteiger partial charge in [0.05, 0.1) is 23.4 Å². The average molecular weight is 453 g/mol. The molecule has 1 aromatic heterocycles. The summed E-state index contributed by atoms with van der Waals surface area (Å²) in [6, 6.07) is 9.37. The fourth-order valence-corrected chi connectivity index (χ4v) is 5.56. The Labute approximate surface area is 192 Å². The fraction of sp³-hybridized carbons (Fsp3) is 0.500. The van der Waals surface area contributed by atoms with Crippen molar-refractivity contribution in [3.63, 3.8) is 0 Å². The van der Waals surface area contributed by atoms with Crippen molar-refractivity contribution in [2.75, 3.05) is 5.75 Å². The number of amides is 1. The van der Waals surface area contributed by atoms with E-state index >= 15 is 0 Å². The highest BCUT2D eigenvalue weighted by Crippen LogP contribution is 2.33. The van der Waals surface area contributed by atoms with Gasteiger partial charge >= 0.3 is 0 Å². The number of thioether (sulfide) groups is 1. The van der Waals surface area contributed by atoms with Crippen LogP contribution in [0.4, 0.5) is 0 Å². The Kier molecular flexibility index (Phi) is 7.15. The van der Waals surface area contributed by atoms with Crippen LogP contribution in [0.1, 0.15) is 67.8 Å². The predicted octanol–water partition coefficient (Wildman–Crippen LogP) is 3.52. The Morgan fingerprint density at radius 1 is 1.19 bits per heavy atom. The summed E-state index contributed by atoms with van der Waals surface area (Å²) in [4.78, 5) is 29.5. The van der Waals surface area contributed by atoms with Gasteiger partial charge in [-0.1, -0.05) is 11.8 Å². The second-order valence-corrected chi connectivity index (χ2v) is 9.51. The van der Waals surface area contributed by atoms with E-state index in [1.54, 1.807) is 12.1 Å². The first-order valence-electron chi connectivity index (χ1n) is 11.3. The number of nitrogens with zero attached hydrogens (tertiary/aromatic N) is 3. The van der Waals surface area contributed by atoms with Crippen molar-refractivity contribution < 1.29 is 9.53 Å². The summed E-state index contributed by atoms with van der Waals surface area (Å²) in [5.74, 6) is 0.949. The van der Waals surface area contributed by atoms with Crippen LogP contribution in [0.5, 0.6) is 5.75 Å². The van der Waals surface area contributed by atoms with Gasteiger partial charge in [-0.2, -0.15) is 5.26 Å². The number of benzene rings is 1. The van der Waals surface area contributed by atoms with Gasteiger partial charge in [0, 0.05) is 23.8 Å². The molecular formula is C24H28N4O3S. The monoisotopic (exact) mass is 452 g/mol. The zero-order valence-corrected chi connectivity index (χ0v) is 18.9. The van der Waals surface area contributed by atoms with Crippen molar-refractivity contribution in [2.45, 2.75) is 75.1 Å². The fourth-order valence-electron chi connectivity index (χ4n) is 4.53. The Balaban J connectivity index is 1.49. The van der Waals surface area contributed by atoms with Crippen LogP contribution in [0.15, 0.2) is 34.2 Å². The third-order valence-electron chi connectivity index (χ3n) is 6.23. The number of carbonyl (C=O) groups excluding carboxylic acids is 1. The van der Waals surface area contributed by atoms with E-state index in [1.807, 2.05) is 16.7 Å². The van der Waals surface area contributed by atoms with E-state index in [0.717, 1.165) is 68.4 Å². The van der Waals surface area contributed by atoms with Crippen LogP contribution in [0.2, 0.25) is 0 Å². The number of aryl methyl sites for hydroxylation is 1. The molecule has 8 heteroatoms. The number of nitriles is 1. The number of rotatable bonds is 7. The quantitative estimate of drug-likeness (QED) is 0.508. The molecule has 0 bridgehead atoms. The Morgan fingerprint density at radius 2 is 1.91 bits per heavy atom. The minimum atomic E-state index is -0.343. The Hall–Kier alpha value is -2.79. The molecule has 0 saturated heterocycles. The van der Waals surface area contributed by atoms with Crippen LogP contribution < -0.4 is 16.0 Å². The lowest BCUT2D eigenvalue weighted by Crippen LogP contribution is -2.36. The number of primary amides is 1. The largest absolute Gasteiger partial charge is 0.490 e.